The van der Waals surface area contributed by atoms with Crippen molar-refractivity contribution < 1.29 is 9.47 Å². The topological polar surface area (TPSA) is 48.3 Å². The first-order valence-corrected chi connectivity index (χ1v) is 8.83. The maximum absolute atomic E-state index is 5.81. The van der Waals surface area contributed by atoms with Crippen molar-refractivity contribution in [2.45, 2.75) is 44.1 Å². The van der Waals surface area contributed by atoms with Gasteiger partial charge in [0.05, 0.1) is 18.9 Å². The number of nitrogens with zero attached hydrogens (tertiary/aromatic N) is 2. The highest BCUT2D eigenvalue weighted by molar-refractivity contribution is 5.62. The molecule has 128 valence electrons. The van der Waals surface area contributed by atoms with Crippen LogP contribution in [-0.2, 0) is 23.1 Å². The maximum Gasteiger partial charge on any atom is 0.168 e. The molecule has 1 aromatic carbocycles. The van der Waals surface area contributed by atoms with Crippen LogP contribution in [0.15, 0.2) is 36.5 Å². The molecule has 0 amide bonds. The number of ether oxygens (including phenoxy) is 2. The van der Waals surface area contributed by atoms with E-state index in [9.17, 15) is 0 Å². The third-order valence-electron chi connectivity index (χ3n) is 5.09. The lowest BCUT2D eigenvalue weighted by Crippen LogP contribution is -2.41. The Bertz CT molecular complexity index is 667. The highest BCUT2D eigenvalue weighted by atomic mass is 16.7. The van der Waals surface area contributed by atoms with E-state index in [0.29, 0.717) is 6.04 Å². The van der Waals surface area contributed by atoms with E-state index in [1.54, 1.807) is 0 Å². The summed E-state index contributed by atoms with van der Waals surface area (Å²) in [5.74, 6) is -0.276. The van der Waals surface area contributed by atoms with Crippen LogP contribution in [0.2, 0.25) is 0 Å². The predicted molar refractivity (Wildman–Crippen MR) is 92.4 cm³/mol. The summed E-state index contributed by atoms with van der Waals surface area (Å²) in [6.07, 6.45) is 6.29. The largest absolute Gasteiger partial charge is 0.348 e. The molecule has 1 aromatic heterocycles. The van der Waals surface area contributed by atoms with E-state index >= 15 is 0 Å². The Balaban J connectivity index is 1.38. The van der Waals surface area contributed by atoms with Gasteiger partial charge in [-0.3, -0.25) is 4.68 Å². The van der Waals surface area contributed by atoms with E-state index in [1.807, 2.05) is 17.8 Å². The van der Waals surface area contributed by atoms with E-state index in [-0.39, 0.29) is 5.79 Å². The van der Waals surface area contributed by atoms with Gasteiger partial charge in [-0.05, 0) is 12.8 Å². The molecule has 1 spiro atoms. The smallest absolute Gasteiger partial charge is 0.168 e. The molecule has 1 N–H and O–H groups in total. The van der Waals surface area contributed by atoms with Crippen molar-refractivity contribution in [3.05, 3.63) is 42.1 Å². The lowest BCUT2D eigenvalue weighted by atomic mass is 9.90. The number of hydrogen-bond donors (Lipinski definition) is 1. The van der Waals surface area contributed by atoms with Crippen molar-refractivity contribution in [1.29, 1.82) is 0 Å². The van der Waals surface area contributed by atoms with Gasteiger partial charge in [0.1, 0.15) is 0 Å². The van der Waals surface area contributed by atoms with Crippen molar-refractivity contribution in [2.24, 2.45) is 7.05 Å². The molecule has 1 saturated carbocycles. The summed E-state index contributed by atoms with van der Waals surface area (Å²) in [5, 5.41) is 8.34. The standard InChI is InChI=1S/C19H25N3O2/c1-22-14-16(18(21-22)15-5-3-2-4-6-15)13-20-17-7-9-19(10-8-17)23-11-12-24-19/h2-6,14,17,20H,7-13H2,1H3. The van der Waals surface area contributed by atoms with Gasteiger partial charge >= 0.3 is 0 Å². The van der Waals surface area contributed by atoms with E-state index in [1.165, 1.54) is 11.1 Å². The van der Waals surface area contributed by atoms with Crippen LogP contribution in [0.3, 0.4) is 0 Å². The molecule has 5 heteroatoms. The van der Waals surface area contributed by atoms with Gasteiger partial charge in [-0.15, -0.1) is 0 Å². The highest BCUT2D eigenvalue weighted by Crippen LogP contribution is 2.35. The van der Waals surface area contributed by atoms with E-state index in [4.69, 9.17) is 9.47 Å². The number of aromatic nitrogens is 2. The lowest BCUT2D eigenvalue weighted by molar-refractivity contribution is -0.179. The number of nitrogens with one attached hydrogen (secondary N) is 1. The second-order valence-corrected chi connectivity index (χ2v) is 6.81. The second-order valence-electron chi connectivity index (χ2n) is 6.81. The van der Waals surface area contributed by atoms with Crippen LogP contribution in [0, 0.1) is 0 Å². The summed E-state index contributed by atoms with van der Waals surface area (Å²) in [6, 6.07) is 10.9. The molecular formula is C19H25N3O2. The highest BCUT2D eigenvalue weighted by Gasteiger charge is 2.40. The Hall–Kier alpha value is -1.69. The van der Waals surface area contributed by atoms with Gasteiger partial charge in [-0.2, -0.15) is 5.10 Å². The van der Waals surface area contributed by atoms with Gasteiger partial charge in [0, 0.05) is 49.8 Å². The fraction of sp³-hybridized carbons (Fsp3) is 0.526. The molecule has 4 rings (SSSR count). The van der Waals surface area contributed by atoms with Crippen LogP contribution in [0.25, 0.3) is 11.3 Å². The lowest BCUT2D eigenvalue weighted by Gasteiger charge is -2.35. The number of rotatable bonds is 4. The van der Waals surface area contributed by atoms with Crippen molar-refractivity contribution in [2.75, 3.05) is 13.2 Å². The minimum atomic E-state index is -0.276. The second kappa shape index (κ2) is 6.67. The zero-order valence-corrected chi connectivity index (χ0v) is 14.2. The minimum absolute atomic E-state index is 0.276. The molecule has 2 heterocycles. The summed E-state index contributed by atoms with van der Waals surface area (Å²) >= 11 is 0. The first-order chi connectivity index (χ1) is 11.7. The molecule has 0 radical (unpaired) electrons. The number of benzene rings is 1. The van der Waals surface area contributed by atoms with Gasteiger partial charge in [-0.1, -0.05) is 30.3 Å². The van der Waals surface area contributed by atoms with Crippen molar-refractivity contribution in [1.82, 2.24) is 15.1 Å². The summed E-state index contributed by atoms with van der Waals surface area (Å²) in [7, 11) is 1.98. The first kappa shape index (κ1) is 15.8. The van der Waals surface area contributed by atoms with Crippen LogP contribution < -0.4 is 5.32 Å². The Morgan fingerprint density at radius 2 is 1.88 bits per heavy atom. The number of aryl methyl sites for hydroxylation is 1. The van der Waals surface area contributed by atoms with Crippen molar-refractivity contribution >= 4 is 0 Å². The molecule has 2 aliphatic rings. The molecule has 1 aliphatic heterocycles. The number of hydrogen-bond acceptors (Lipinski definition) is 4. The molecule has 1 saturated heterocycles. The zero-order valence-electron chi connectivity index (χ0n) is 14.2. The van der Waals surface area contributed by atoms with E-state index in [2.05, 4.69) is 40.9 Å². The first-order valence-electron chi connectivity index (χ1n) is 8.83. The normalized spacial score (nSPS) is 20.7. The van der Waals surface area contributed by atoms with Crippen LogP contribution in [0.1, 0.15) is 31.2 Å². The summed E-state index contributed by atoms with van der Waals surface area (Å²) < 4.78 is 13.5. The molecule has 24 heavy (non-hydrogen) atoms. The van der Waals surface area contributed by atoms with E-state index in [0.717, 1.165) is 51.1 Å². The van der Waals surface area contributed by atoms with Gasteiger partial charge in [0.25, 0.3) is 0 Å². The SMILES string of the molecule is Cn1cc(CNC2CCC3(CC2)OCCO3)c(-c2ccccc2)n1. The monoisotopic (exact) mass is 327 g/mol. The summed E-state index contributed by atoms with van der Waals surface area (Å²) in [6.45, 7) is 2.33. The maximum atomic E-state index is 5.81. The van der Waals surface area contributed by atoms with Gasteiger partial charge in [0.15, 0.2) is 5.79 Å². The van der Waals surface area contributed by atoms with Gasteiger partial charge in [-0.25, -0.2) is 0 Å². The Morgan fingerprint density at radius 3 is 2.58 bits per heavy atom. The van der Waals surface area contributed by atoms with Gasteiger partial charge < -0.3 is 14.8 Å². The third-order valence-corrected chi connectivity index (χ3v) is 5.09. The molecule has 2 aromatic rings. The fourth-order valence-electron chi connectivity index (χ4n) is 3.81. The average molecular weight is 327 g/mol. The van der Waals surface area contributed by atoms with Crippen LogP contribution in [0.4, 0.5) is 0 Å². The molecule has 0 unspecified atom stereocenters. The molecular weight excluding hydrogens is 302 g/mol. The molecule has 5 nitrogen and oxygen atoms in total. The van der Waals surface area contributed by atoms with Crippen LogP contribution in [0.5, 0.6) is 0 Å². The predicted octanol–water partition coefficient (Wildman–Crippen LogP) is 2.86. The molecule has 1 aliphatic carbocycles. The quantitative estimate of drug-likeness (QED) is 0.938. The van der Waals surface area contributed by atoms with Crippen molar-refractivity contribution in [3.63, 3.8) is 0 Å². The zero-order chi connectivity index (χ0) is 16.4. The van der Waals surface area contributed by atoms with E-state index < -0.39 is 0 Å². The van der Waals surface area contributed by atoms with Crippen LogP contribution >= 0.6 is 0 Å². The Morgan fingerprint density at radius 1 is 1.17 bits per heavy atom. The van der Waals surface area contributed by atoms with Crippen molar-refractivity contribution in [3.8, 4) is 11.3 Å². The molecule has 2 fully saturated rings. The summed E-state index contributed by atoms with van der Waals surface area (Å²) in [5.41, 5.74) is 3.49. The van der Waals surface area contributed by atoms with Crippen LogP contribution in [-0.4, -0.2) is 34.8 Å². The summed E-state index contributed by atoms with van der Waals surface area (Å²) in [4.78, 5) is 0. The fourth-order valence-corrected chi connectivity index (χ4v) is 3.81. The third kappa shape index (κ3) is 3.24. The Labute approximate surface area is 143 Å². The Kier molecular flexibility index (Phi) is 4.39. The molecule has 0 atom stereocenters. The minimum Gasteiger partial charge on any atom is -0.348 e. The average Bonchev–Trinajstić information content (AvgIpc) is 3.22. The molecule has 0 bridgehead atoms. The van der Waals surface area contributed by atoms with Gasteiger partial charge in [0.2, 0.25) is 0 Å².